The first-order valence-corrected chi connectivity index (χ1v) is 13.4. The van der Waals surface area contributed by atoms with Gasteiger partial charge in [-0.15, -0.1) is 0 Å². The zero-order chi connectivity index (χ0) is 27.9. The van der Waals surface area contributed by atoms with Gasteiger partial charge in [-0.05, 0) is 49.1 Å². The molecular weight excluding hydrogens is 482 g/mol. The fraction of sp³-hybridized carbons (Fsp3) is 0.500. The molecule has 208 valence electrons. The number of carbonyl (C=O) groups excluding carboxylic acids is 3. The third kappa shape index (κ3) is 10.2. The summed E-state index contributed by atoms with van der Waals surface area (Å²) < 4.78 is 10.1. The number of nitrogens with one attached hydrogen (secondary N) is 2. The molecule has 0 spiro atoms. The summed E-state index contributed by atoms with van der Waals surface area (Å²) >= 11 is 0. The van der Waals surface area contributed by atoms with Crippen LogP contribution in [-0.4, -0.2) is 49.8 Å². The minimum atomic E-state index is -0.903. The van der Waals surface area contributed by atoms with Crippen molar-refractivity contribution in [1.29, 1.82) is 0 Å². The van der Waals surface area contributed by atoms with Gasteiger partial charge in [-0.3, -0.25) is 9.59 Å². The van der Waals surface area contributed by atoms with Gasteiger partial charge in [0.25, 0.3) is 0 Å². The molecule has 0 aliphatic carbocycles. The summed E-state index contributed by atoms with van der Waals surface area (Å²) in [4.78, 5) is 38.1. The van der Waals surface area contributed by atoms with Gasteiger partial charge in [0, 0.05) is 12.0 Å². The summed E-state index contributed by atoms with van der Waals surface area (Å²) in [5.41, 5.74) is 7.81. The van der Waals surface area contributed by atoms with E-state index in [4.69, 9.17) is 15.2 Å². The molecule has 2 amide bonds. The molecule has 2 aromatic rings. The molecule has 0 fully saturated rings. The number of hydrogen-bond acceptors (Lipinski definition) is 6. The summed E-state index contributed by atoms with van der Waals surface area (Å²) in [5.74, 6) is -0.673. The van der Waals surface area contributed by atoms with Crippen molar-refractivity contribution in [2.45, 2.75) is 76.9 Å². The molecule has 4 N–H and O–H groups in total. The molecule has 0 aliphatic rings. The van der Waals surface area contributed by atoms with Crippen molar-refractivity contribution < 1.29 is 23.9 Å². The molecule has 2 unspecified atom stereocenters. The SMILES string of the molecule is CCC(CCCC(N)C(=O)OCCC(C)C)NC(=O)[C@@H](NC(=O)OC)C(c1ccccc1)c1ccccc1. The van der Waals surface area contributed by atoms with Gasteiger partial charge in [0.2, 0.25) is 5.91 Å². The van der Waals surface area contributed by atoms with Crippen LogP contribution in [0, 0.1) is 5.92 Å². The Morgan fingerprint density at radius 2 is 1.45 bits per heavy atom. The Kier molecular flexibility index (Phi) is 13.3. The molecule has 3 atom stereocenters. The number of alkyl carbamates (subject to hydrolysis) is 1. The fourth-order valence-corrected chi connectivity index (χ4v) is 4.26. The van der Waals surface area contributed by atoms with Gasteiger partial charge in [-0.2, -0.15) is 0 Å². The van der Waals surface area contributed by atoms with E-state index in [2.05, 4.69) is 24.5 Å². The van der Waals surface area contributed by atoms with Crippen molar-refractivity contribution in [3.63, 3.8) is 0 Å². The Hall–Kier alpha value is -3.39. The Labute approximate surface area is 226 Å². The van der Waals surface area contributed by atoms with Crippen molar-refractivity contribution in [3.05, 3.63) is 71.8 Å². The van der Waals surface area contributed by atoms with Gasteiger partial charge < -0.3 is 25.8 Å². The lowest BCUT2D eigenvalue weighted by Gasteiger charge is -2.29. The van der Waals surface area contributed by atoms with Crippen molar-refractivity contribution in [3.8, 4) is 0 Å². The first-order valence-electron chi connectivity index (χ1n) is 13.4. The summed E-state index contributed by atoms with van der Waals surface area (Å²) in [6, 6.07) is 17.5. The Morgan fingerprint density at radius 3 is 1.95 bits per heavy atom. The van der Waals surface area contributed by atoms with Crippen molar-refractivity contribution in [2.24, 2.45) is 11.7 Å². The molecule has 8 heteroatoms. The monoisotopic (exact) mass is 525 g/mol. The maximum absolute atomic E-state index is 13.7. The van der Waals surface area contributed by atoms with Gasteiger partial charge in [-0.1, -0.05) is 81.4 Å². The minimum absolute atomic E-state index is 0.152. The molecule has 0 aromatic heterocycles. The maximum atomic E-state index is 13.7. The van der Waals surface area contributed by atoms with Crippen molar-refractivity contribution in [2.75, 3.05) is 13.7 Å². The lowest BCUT2D eigenvalue weighted by Crippen LogP contribution is -2.52. The molecule has 0 aliphatic heterocycles. The van der Waals surface area contributed by atoms with Crippen LogP contribution in [0.5, 0.6) is 0 Å². The minimum Gasteiger partial charge on any atom is -0.465 e. The van der Waals surface area contributed by atoms with Crippen LogP contribution in [0.1, 0.15) is 69.9 Å². The molecule has 8 nitrogen and oxygen atoms in total. The molecule has 0 heterocycles. The fourth-order valence-electron chi connectivity index (χ4n) is 4.26. The largest absolute Gasteiger partial charge is 0.465 e. The number of amides is 2. The molecule has 0 saturated heterocycles. The highest BCUT2D eigenvalue weighted by Gasteiger charge is 2.33. The molecule has 0 radical (unpaired) electrons. The van der Waals surface area contributed by atoms with Crippen LogP contribution >= 0.6 is 0 Å². The van der Waals surface area contributed by atoms with Crippen LogP contribution in [0.25, 0.3) is 0 Å². The first-order chi connectivity index (χ1) is 18.3. The number of esters is 1. The number of rotatable bonds is 15. The molecule has 38 heavy (non-hydrogen) atoms. The van der Waals surface area contributed by atoms with E-state index < -0.39 is 30.1 Å². The van der Waals surface area contributed by atoms with E-state index in [0.717, 1.165) is 17.5 Å². The van der Waals surface area contributed by atoms with E-state index in [1.807, 2.05) is 67.6 Å². The van der Waals surface area contributed by atoms with E-state index in [0.29, 0.717) is 38.2 Å². The molecule has 0 saturated carbocycles. The van der Waals surface area contributed by atoms with E-state index in [1.54, 1.807) is 0 Å². The summed E-state index contributed by atoms with van der Waals surface area (Å²) in [6.07, 6.45) is 2.56. The number of carbonyl (C=O) groups is 3. The van der Waals surface area contributed by atoms with Crippen LogP contribution in [0.4, 0.5) is 4.79 Å². The third-order valence-corrected chi connectivity index (χ3v) is 6.54. The third-order valence-electron chi connectivity index (χ3n) is 6.54. The van der Waals surface area contributed by atoms with Crippen LogP contribution in [-0.2, 0) is 19.1 Å². The van der Waals surface area contributed by atoms with E-state index in [1.165, 1.54) is 7.11 Å². The van der Waals surface area contributed by atoms with Crippen molar-refractivity contribution >= 4 is 18.0 Å². The summed E-state index contributed by atoms with van der Waals surface area (Å²) in [5, 5.41) is 5.85. The zero-order valence-corrected chi connectivity index (χ0v) is 23.0. The van der Waals surface area contributed by atoms with Crippen LogP contribution in [0.15, 0.2) is 60.7 Å². The molecule has 2 aromatic carbocycles. The number of nitrogens with two attached hydrogens (primary N) is 1. The van der Waals surface area contributed by atoms with Gasteiger partial charge in [0.05, 0.1) is 13.7 Å². The lowest BCUT2D eigenvalue weighted by atomic mass is 9.84. The number of hydrogen-bond donors (Lipinski definition) is 3. The van der Waals surface area contributed by atoms with Crippen LogP contribution < -0.4 is 16.4 Å². The Balaban J connectivity index is 2.10. The Morgan fingerprint density at radius 1 is 0.868 bits per heavy atom. The second-order valence-electron chi connectivity index (χ2n) is 9.91. The summed E-state index contributed by atoms with van der Waals surface area (Å²) in [6.45, 7) is 6.50. The highest BCUT2D eigenvalue weighted by Crippen LogP contribution is 2.29. The second kappa shape index (κ2) is 16.5. The Bertz CT molecular complexity index is 944. The number of benzene rings is 2. The predicted molar refractivity (Wildman–Crippen MR) is 149 cm³/mol. The van der Waals surface area contributed by atoms with Gasteiger partial charge in [0.15, 0.2) is 0 Å². The van der Waals surface area contributed by atoms with Gasteiger partial charge >= 0.3 is 12.1 Å². The molecule has 2 rings (SSSR count). The predicted octanol–water partition coefficient (Wildman–Crippen LogP) is 4.52. The van der Waals surface area contributed by atoms with Gasteiger partial charge in [0.1, 0.15) is 12.1 Å². The van der Waals surface area contributed by atoms with Gasteiger partial charge in [-0.25, -0.2) is 4.79 Å². The van der Waals surface area contributed by atoms with Crippen LogP contribution in [0.3, 0.4) is 0 Å². The topological polar surface area (TPSA) is 120 Å². The molecule has 0 bridgehead atoms. The van der Waals surface area contributed by atoms with Crippen molar-refractivity contribution in [1.82, 2.24) is 10.6 Å². The maximum Gasteiger partial charge on any atom is 0.407 e. The lowest BCUT2D eigenvalue weighted by molar-refractivity contribution is -0.145. The quantitative estimate of drug-likeness (QED) is 0.294. The zero-order valence-electron chi connectivity index (χ0n) is 23.0. The first kappa shape index (κ1) is 30.8. The number of ether oxygens (including phenoxy) is 2. The normalized spacial score (nSPS) is 13.4. The average molecular weight is 526 g/mol. The standard InChI is InChI=1S/C30H43N3O5/c1-5-24(17-12-18-25(31)29(35)38-20-19-21(2)3)32-28(34)27(33-30(36)37-4)26(22-13-8-6-9-14-22)23-15-10-7-11-16-23/h6-11,13-16,21,24-27H,5,12,17-20,31H2,1-4H3,(H,32,34)(H,33,36)/t24?,25?,27-/m0/s1. The van der Waals surface area contributed by atoms with Crippen LogP contribution in [0.2, 0.25) is 0 Å². The van der Waals surface area contributed by atoms with E-state index >= 15 is 0 Å². The highest BCUT2D eigenvalue weighted by molar-refractivity contribution is 5.87. The second-order valence-corrected chi connectivity index (χ2v) is 9.91. The summed E-state index contributed by atoms with van der Waals surface area (Å²) in [7, 11) is 1.27. The smallest absolute Gasteiger partial charge is 0.407 e. The number of methoxy groups -OCH3 is 1. The highest BCUT2D eigenvalue weighted by atomic mass is 16.5. The molecular formula is C30H43N3O5. The van der Waals surface area contributed by atoms with E-state index in [9.17, 15) is 14.4 Å². The van der Waals surface area contributed by atoms with E-state index in [-0.39, 0.29) is 11.9 Å². The average Bonchev–Trinajstić information content (AvgIpc) is 2.92.